The zero-order valence-electron chi connectivity index (χ0n) is 9.63. The van der Waals surface area contributed by atoms with Crippen LogP contribution in [0.3, 0.4) is 0 Å². The molecule has 0 spiro atoms. The van der Waals surface area contributed by atoms with Gasteiger partial charge in [-0.05, 0) is 23.5 Å². The molecule has 0 amide bonds. The van der Waals surface area contributed by atoms with Crippen LogP contribution in [0, 0.1) is 0 Å². The number of tetrazole rings is 1. The van der Waals surface area contributed by atoms with Crippen molar-refractivity contribution in [1.29, 1.82) is 0 Å². The lowest BCUT2D eigenvalue weighted by atomic mass is 10.3. The number of aromatic nitrogens is 4. The van der Waals surface area contributed by atoms with Crippen LogP contribution in [0.15, 0.2) is 0 Å². The van der Waals surface area contributed by atoms with Gasteiger partial charge in [0, 0.05) is 13.0 Å². The minimum absolute atomic E-state index is 0.180. The SMILES string of the molecule is CCN(CC)CCc1nnnn1CC(=O)O. The number of carboxylic acids is 1. The van der Waals surface area contributed by atoms with E-state index in [9.17, 15) is 4.79 Å². The topological polar surface area (TPSA) is 84.1 Å². The zero-order valence-corrected chi connectivity index (χ0v) is 9.63. The normalized spacial score (nSPS) is 10.9. The number of carbonyl (C=O) groups is 1. The summed E-state index contributed by atoms with van der Waals surface area (Å²) in [5.74, 6) is -0.314. The summed E-state index contributed by atoms with van der Waals surface area (Å²) in [6.45, 7) is 6.77. The number of nitrogens with zero attached hydrogens (tertiary/aromatic N) is 5. The third-order valence-corrected chi connectivity index (χ3v) is 2.44. The van der Waals surface area contributed by atoms with Crippen LogP contribution < -0.4 is 0 Å². The van der Waals surface area contributed by atoms with E-state index in [0.29, 0.717) is 12.2 Å². The highest BCUT2D eigenvalue weighted by Crippen LogP contribution is 1.97. The molecule has 0 aliphatic heterocycles. The van der Waals surface area contributed by atoms with Gasteiger partial charge in [-0.25, -0.2) is 4.68 Å². The molecule has 1 rings (SSSR count). The smallest absolute Gasteiger partial charge is 0.325 e. The van der Waals surface area contributed by atoms with E-state index in [2.05, 4.69) is 34.3 Å². The molecular formula is C9H17N5O2. The van der Waals surface area contributed by atoms with Crippen LogP contribution in [-0.2, 0) is 17.8 Å². The third kappa shape index (κ3) is 3.58. The van der Waals surface area contributed by atoms with Gasteiger partial charge in [-0.3, -0.25) is 4.79 Å². The molecule has 90 valence electrons. The maximum Gasteiger partial charge on any atom is 0.325 e. The van der Waals surface area contributed by atoms with Crippen molar-refractivity contribution in [3.05, 3.63) is 5.82 Å². The van der Waals surface area contributed by atoms with Crippen LogP contribution in [0.25, 0.3) is 0 Å². The second-order valence-corrected chi connectivity index (χ2v) is 3.42. The quantitative estimate of drug-likeness (QED) is 0.685. The second-order valence-electron chi connectivity index (χ2n) is 3.42. The Morgan fingerprint density at radius 3 is 2.69 bits per heavy atom. The van der Waals surface area contributed by atoms with E-state index in [0.717, 1.165) is 19.6 Å². The highest BCUT2D eigenvalue weighted by molar-refractivity contribution is 5.66. The molecule has 0 aromatic carbocycles. The van der Waals surface area contributed by atoms with Crippen molar-refractivity contribution >= 4 is 5.97 Å². The Bertz CT molecular complexity index is 334. The van der Waals surface area contributed by atoms with Gasteiger partial charge in [0.25, 0.3) is 0 Å². The van der Waals surface area contributed by atoms with E-state index in [1.807, 2.05) is 0 Å². The van der Waals surface area contributed by atoms with Gasteiger partial charge in [-0.15, -0.1) is 5.10 Å². The van der Waals surface area contributed by atoms with Gasteiger partial charge >= 0.3 is 5.97 Å². The fraction of sp³-hybridized carbons (Fsp3) is 0.778. The van der Waals surface area contributed by atoms with Crippen molar-refractivity contribution in [2.45, 2.75) is 26.8 Å². The molecule has 1 aromatic heterocycles. The summed E-state index contributed by atoms with van der Waals surface area (Å²) in [6.07, 6.45) is 0.669. The third-order valence-electron chi connectivity index (χ3n) is 2.44. The molecule has 1 heterocycles. The Kier molecular flexibility index (Phi) is 4.84. The lowest BCUT2D eigenvalue weighted by Gasteiger charge is -2.16. The van der Waals surface area contributed by atoms with Gasteiger partial charge in [0.05, 0.1) is 0 Å². The van der Waals surface area contributed by atoms with Crippen LogP contribution >= 0.6 is 0 Å². The Morgan fingerprint density at radius 1 is 1.44 bits per heavy atom. The number of hydrogen-bond acceptors (Lipinski definition) is 5. The zero-order chi connectivity index (χ0) is 12.0. The standard InChI is InChI=1S/C9H17N5O2/c1-3-13(4-2)6-5-8-10-11-12-14(8)7-9(15)16/h3-7H2,1-2H3,(H,15,16). The predicted molar refractivity (Wildman–Crippen MR) is 56.9 cm³/mol. The summed E-state index contributed by atoms with van der Waals surface area (Å²) in [5.41, 5.74) is 0. The minimum atomic E-state index is -0.934. The van der Waals surface area contributed by atoms with Crippen LogP contribution in [-0.4, -0.2) is 55.8 Å². The molecular weight excluding hydrogens is 210 g/mol. The van der Waals surface area contributed by atoms with Crippen molar-refractivity contribution < 1.29 is 9.90 Å². The minimum Gasteiger partial charge on any atom is -0.480 e. The molecule has 0 saturated heterocycles. The number of hydrogen-bond donors (Lipinski definition) is 1. The Labute approximate surface area is 94.0 Å². The largest absolute Gasteiger partial charge is 0.480 e. The van der Waals surface area contributed by atoms with Crippen molar-refractivity contribution in [2.24, 2.45) is 0 Å². The highest BCUT2D eigenvalue weighted by Gasteiger charge is 2.10. The fourth-order valence-electron chi connectivity index (χ4n) is 1.45. The second kappa shape index (κ2) is 6.16. The van der Waals surface area contributed by atoms with Gasteiger partial charge < -0.3 is 10.0 Å². The van der Waals surface area contributed by atoms with E-state index in [1.54, 1.807) is 0 Å². The van der Waals surface area contributed by atoms with Crippen molar-refractivity contribution in [1.82, 2.24) is 25.1 Å². The van der Waals surface area contributed by atoms with Gasteiger partial charge in [0.15, 0.2) is 5.82 Å². The van der Waals surface area contributed by atoms with Crippen LogP contribution in [0.1, 0.15) is 19.7 Å². The number of aliphatic carboxylic acids is 1. The number of rotatable bonds is 7. The molecule has 16 heavy (non-hydrogen) atoms. The van der Waals surface area contributed by atoms with Crippen LogP contribution in [0.5, 0.6) is 0 Å². The lowest BCUT2D eigenvalue weighted by Crippen LogP contribution is -2.26. The molecule has 0 unspecified atom stereocenters. The summed E-state index contributed by atoms with van der Waals surface area (Å²) in [7, 11) is 0. The Hall–Kier alpha value is -1.50. The van der Waals surface area contributed by atoms with Crippen LogP contribution in [0.2, 0.25) is 0 Å². The predicted octanol–water partition coefficient (Wildman–Crippen LogP) is -0.358. The summed E-state index contributed by atoms with van der Waals surface area (Å²) in [5, 5.41) is 19.6. The monoisotopic (exact) mass is 227 g/mol. The van der Waals surface area contributed by atoms with Crippen LogP contribution in [0.4, 0.5) is 0 Å². The first-order valence-corrected chi connectivity index (χ1v) is 5.36. The first kappa shape index (κ1) is 12.6. The summed E-state index contributed by atoms with van der Waals surface area (Å²) >= 11 is 0. The van der Waals surface area contributed by atoms with Crippen molar-refractivity contribution in [3.8, 4) is 0 Å². The average Bonchev–Trinajstić information content (AvgIpc) is 2.66. The molecule has 0 bridgehead atoms. The Balaban J connectivity index is 2.53. The van der Waals surface area contributed by atoms with E-state index in [1.165, 1.54) is 4.68 Å². The summed E-state index contributed by atoms with van der Waals surface area (Å²) in [4.78, 5) is 12.8. The molecule has 1 N–H and O–H groups in total. The van der Waals surface area contributed by atoms with E-state index in [4.69, 9.17) is 5.11 Å². The molecule has 0 fully saturated rings. The summed E-state index contributed by atoms with van der Waals surface area (Å²) < 4.78 is 1.33. The molecule has 0 saturated carbocycles. The number of likely N-dealkylation sites (N-methyl/N-ethyl adjacent to an activating group) is 1. The molecule has 0 radical (unpaired) electrons. The Morgan fingerprint density at radius 2 is 2.12 bits per heavy atom. The van der Waals surface area contributed by atoms with Gasteiger partial charge in [0.2, 0.25) is 0 Å². The van der Waals surface area contributed by atoms with E-state index < -0.39 is 5.97 Å². The fourth-order valence-corrected chi connectivity index (χ4v) is 1.45. The lowest BCUT2D eigenvalue weighted by molar-refractivity contribution is -0.138. The van der Waals surface area contributed by atoms with Crippen molar-refractivity contribution in [3.63, 3.8) is 0 Å². The molecule has 0 atom stereocenters. The van der Waals surface area contributed by atoms with Gasteiger partial charge in [0.1, 0.15) is 6.54 Å². The first-order chi connectivity index (χ1) is 7.67. The molecule has 0 aliphatic rings. The average molecular weight is 227 g/mol. The maximum atomic E-state index is 10.5. The first-order valence-electron chi connectivity index (χ1n) is 5.36. The highest BCUT2D eigenvalue weighted by atomic mass is 16.4. The summed E-state index contributed by atoms with van der Waals surface area (Å²) in [6, 6.07) is 0. The maximum absolute atomic E-state index is 10.5. The van der Waals surface area contributed by atoms with Crippen molar-refractivity contribution in [2.75, 3.05) is 19.6 Å². The number of carboxylic acid groups (broad SMARTS) is 1. The van der Waals surface area contributed by atoms with Gasteiger partial charge in [-0.2, -0.15) is 0 Å². The molecule has 7 nitrogen and oxygen atoms in total. The molecule has 1 aromatic rings. The molecule has 0 aliphatic carbocycles. The molecule has 7 heteroatoms. The van der Waals surface area contributed by atoms with E-state index >= 15 is 0 Å². The van der Waals surface area contributed by atoms with Gasteiger partial charge in [-0.1, -0.05) is 13.8 Å². The van der Waals surface area contributed by atoms with E-state index in [-0.39, 0.29) is 6.54 Å².